The van der Waals surface area contributed by atoms with Crippen LogP contribution in [0.15, 0.2) is 54.6 Å². The number of ketones is 1. The van der Waals surface area contributed by atoms with Gasteiger partial charge < -0.3 is 9.84 Å². The lowest BCUT2D eigenvalue weighted by Gasteiger charge is -2.35. The van der Waals surface area contributed by atoms with Crippen LogP contribution in [0.4, 0.5) is 4.39 Å². The molecule has 0 saturated heterocycles. The van der Waals surface area contributed by atoms with Gasteiger partial charge in [-0.05, 0) is 71.7 Å². The Labute approximate surface area is 208 Å². The van der Waals surface area contributed by atoms with E-state index in [4.69, 9.17) is 4.74 Å². The van der Waals surface area contributed by atoms with Crippen molar-refractivity contribution in [2.75, 3.05) is 0 Å². The van der Waals surface area contributed by atoms with Crippen LogP contribution >= 0.6 is 0 Å². The molecule has 0 aliphatic carbocycles. The molecule has 1 aliphatic heterocycles. The second-order valence-electron chi connectivity index (χ2n) is 11.2. The minimum Gasteiger partial charge on any atom is -0.487 e. The Hall–Kier alpha value is -2.98. The Bertz CT molecular complexity index is 1230. The molecular weight excluding hydrogens is 439 g/mol. The molecule has 0 spiro atoms. The van der Waals surface area contributed by atoms with Gasteiger partial charge in [-0.3, -0.25) is 4.79 Å². The summed E-state index contributed by atoms with van der Waals surface area (Å²) in [6.45, 7) is 12.4. The van der Waals surface area contributed by atoms with E-state index in [-0.39, 0.29) is 23.4 Å². The first-order valence-electron chi connectivity index (χ1n) is 12.4. The Kier molecular flexibility index (Phi) is 6.63. The second-order valence-corrected chi connectivity index (χ2v) is 11.2. The van der Waals surface area contributed by atoms with Crippen molar-refractivity contribution in [3.63, 3.8) is 0 Å². The molecule has 0 saturated carbocycles. The number of benzene rings is 3. The van der Waals surface area contributed by atoms with Crippen LogP contribution in [0.25, 0.3) is 11.1 Å². The van der Waals surface area contributed by atoms with Crippen LogP contribution in [0.1, 0.15) is 93.1 Å². The van der Waals surface area contributed by atoms with Crippen molar-refractivity contribution in [3.8, 4) is 16.9 Å². The zero-order valence-corrected chi connectivity index (χ0v) is 21.5. The smallest absolute Gasteiger partial charge is 0.171 e. The fourth-order valence-electron chi connectivity index (χ4n) is 4.93. The van der Waals surface area contributed by atoms with Gasteiger partial charge in [0.1, 0.15) is 23.3 Å². The molecule has 3 aromatic carbocycles. The Balaban J connectivity index is 1.98. The number of rotatable bonds is 5. The van der Waals surface area contributed by atoms with Gasteiger partial charge in [-0.15, -0.1) is 0 Å². The molecule has 4 rings (SSSR count). The summed E-state index contributed by atoms with van der Waals surface area (Å²) in [5.74, 6) is 0.152. The molecule has 0 amide bonds. The second kappa shape index (κ2) is 9.23. The van der Waals surface area contributed by atoms with E-state index in [1.165, 1.54) is 17.7 Å². The molecule has 0 radical (unpaired) electrons. The summed E-state index contributed by atoms with van der Waals surface area (Å²) in [4.78, 5) is 13.5. The molecule has 1 unspecified atom stereocenters. The molecular formula is C31H35FO3. The number of carbonyl (C=O) groups is 1. The summed E-state index contributed by atoms with van der Waals surface area (Å²) in [6.07, 6.45) is 0.865. The number of halogens is 1. The molecule has 184 valence electrons. The molecule has 1 heterocycles. The molecule has 3 aromatic rings. The van der Waals surface area contributed by atoms with Crippen LogP contribution < -0.4 is 4.74 Å². The van der Waals surface area contributed by atoms with E-state index >= 15 is 0 Å². The van der Waals surface area contributed by atoms with Crippen LogP contribution in [-0.4, -0.2) is 16.5 Å². The van der Waals surface area contributed by atoms with Gasteiger partial charge in [-0.25, -0.2) is 4.39 Å². The van der Waals surface area contributed by atoms with Gasteiger partial charge in [-0.1, -0.05) is 70.5 Å². The molecule has 0 aromatic heterocycles. The number of aliphatic hydroxyl groups is 1. The predicted octanol–water partition coefficient (Wildman–Crippen LogP) is 7.57. The van der Waals surface area contributed by atoms with Crippen molar-refractivity contribution in [1.29, 1.82) is 0 Å². The van der Waals surface area contributed by atoms with Gasteiger partial charge in [-0.2, -0.15) is 0 Å². The molecule has 35 heavy (non-hydrogen) atoms. The van der Waals surface area contributed by atoms with E-state index in [9.17, 15) is 14.3 Å². The van der Waals surface area contributed by atoms with E-state index in [1.807, 2.05) is 44.2 Å². The van der Waals surface area contributed by atoms with Crippen LogP contribution in [0.2, 0.25) is 0 Å². The number of ether oxygens (including phenoxy) is 1. The van der Waals surface area contributed by atoms with Crippen LogP contribution in [-0.2, 0) is 11.8 Å². The van der Waals surface area contributed by atoms with E-state index in [0.717, 1.165) is 17.5 Å². The quantitative estimate of drug-likeness (QED) is 0.415. The first-order chi connectivity index (χ1) is 16.4. The number of hydrogen-bond acceptors (Lipinski definition) is 3. The number of fused-ring (bicyclic) bond motifs is 1. The average Bonchev–Trinajstić information content (AvgIpc) is 2.77. The lowest BCUT2D eigenvalue weighted by Crippen LogP contribution is -2.36. The number of carbonyl (C=O) groups excluding carboxylic acids is 1. The number of aliphatic hydroxyl groups excluding tert-OH is 1. The van der Waals surface area contributed by atoms with Crippen LogP contribution in [0, 0.1) is 5.82 Å². The van der Waals surface area contributed by atoms with Gasteiger partial charge in [0, 0.05) is 5.56 Å². The Morgan fingerprint density at radius 3 is 2.23 bits per heavy atom. The first-order valence-corrected chi connectivity index (χ1v) is 12.4. The predicted molar refractivity (Wildman–Crippen MR) is 139 cm³/mol. The maximum atomic E-state index is 13.8. The summed E-state index contributed by atoms with van der Waals surface area (Å²) in [6, 6.07) is 16.1. The average molecular weight is 475 g/mol. The molecule has 1 atom stereocenters. The topological polar surface area (TPSA) is 46.5 Å². The summed E-state index contributed by atoms with van der Waals surface area (Å²) in [5.41, 5.74) is 4.74. The molecule has 0 fully saturated rings. The fourth-order valence-corrected chi connectivity index (χ4v) is 4.93. The minimum atomic E-state index is -0.946. The SMILES string of the molecule is CCCc1cc2c(c(-c3ccc(F)cc3)c1C(O)c1ccc(C(C)(C)C)cc1)C(=O)CC(C)(C)O2. The minimum absolute atomic E-state index is 0.00148. The molecule has 3 nitrogen and oxygen atoms in total. The van der Waals surface area contributed by atoms with Crippen molar-refractivity contribution < 1.29 is 19.0 Å². The zero-order chi connectivity index (χ0) is 25.5. The third-order valence-corrected chi connectivity index (χ3v) is 6.69. The third-order valence-electron chi connectivity index (χ3n) is 6.69. The van der Waals surface area contributed by atoms with E-state index < -0.39 is 11.7 Å². The molecule has 0 bridgehead atoms. The molecule has 1 N–H and O–H groups in total. The number of hydrogen-bond donors (Lipinski definition) is 1. The Morgan fingerprint density at radius 2 is 1.66 bits per heavy atom. The first kappa shape index (κ1) is 25.1. The standard InChI is InChI=1S/C31H35FO3/c1-7-8-21-17-25-28(24(33)18-31(5,6)35-25)26(19-11-15-23(32)16-12-19)27(21)29(34)20-9-13-22(14-10-20)30(2,3)4/h9-17,29,34H,7-8,18H2,1-6H3. The maximum absolute atomic E-state index is 13.8. The lowest BCUT2D eigenvalue weighted by atomic mass is 9.80. The van der Waals surface area contributed by atoms with Crippen molar-refractivity contribution in [2.45, 2.75) is 77.9 Å². The van der Waals surface area contributed by atoms with Crippen LogP contribution in [0.3, 0.4) is 0 Å². The molecule has 1 aliphatic rings. The van der Waals surface area contributed by atoms with E-state index in [0.29, 0.717) is 34.4 Å². The van der Waals surface area contributed by atoms with Crippen molar-refractivity contribution in [1.82, 2.24) is 0 Å². The number of Topliss-reactive ketones (excluding diaryl/α,β-unsaturated/α-hetero) is 1. The fraction of sp³-hybridized carbons (Fsp3) is 0.387. The maximum Gasteiger partial charge on any atom is 0.171 e. The lowest BCUT2D eigenvalue weighted by molar-refractivity contribution is 0.0620. The monoisotopic (exact) mass is 474 g/mol. The number of aryl methyl sites for hydroxylation is 1. The highest BCUT2D eigenvalue weighted by atomic mass is 19.1. The van der Waals surface area contributed by atoms with Gasteiger partial charge in [0.2, 0.25) is 0 Å². The summed E-state index contributed by atoms with van der Waals surface area (Å²) >= 11 is 0. The van der Waals surface area contributed by atoms with Gasteiger partial charge >= 0.3 is 0 Å². The largest absolute Gasteiger partial charge is 0.487 e. The van der Waals surface area contributed by atoms with Crippen molar-refractivity contribution in [2.24, 2.45) is 0 Å². The third kappa shape index (κ3) is 5.04. The normalized spacial score (nSPS) is 15.9. The van der Waals surface area contributed by atoms with Gasteiger partial charge in [0.15, 0.2) is 5.78 Å². The molecule has 4 heteroatoms. The Morgan fingerprint density at radius 1 is 1.03 bits per heavy atom. The van der Waals surface area contributed by atoms with Crippen LogP contribution in [0.5, 0.6) is 5.75 Å². The van der Waals surface area contributed by atoms with E-state index in [1.54, 1.807) is 12.1 Å². The van der Waals surface area contributed by atoms with E-state index in [2.05, 4.69) is 27.7 Å². The van der Waals surface area contributed by atoms with Gasteiger partial charge in [0.05, 0.1) is 12.0 Å². The highest BCUT2D eigenvalue weighted by Gasteiger charge is 2.37. The highest BCUT2D eigenvalue weighted by Crippen LogP contribution is 2.46. The van der Waals surface area contributed by atoms with Crippen molar-refractivity contribution in [3.05, 3.63) is 88.2 Å². The summed E-state index contributed by atoms with van der Waals surface area (Å²) < 4.78 is 20.1. The summed E-state index contributed by atoms with van der Waals surface area (Å²) in [7, 11) is 0. The van der Waals surface area contributed by atoms with Crippen molar-refractivity contribution >= 4 is 5.78 Å². The summed E-state index contributed by atoms with van der Waals surface area (Å²) in [5, 5.41) is 11.8. The zero-order valence-electron chi connectivity index (χ0n) is 21.5. The van der Waals surface area contributed by atoms with Gasteiger partial charge in [0.25, 0.3) is 0 Å². The highest BCUT2D eigenvalue weighted by molar-refractivity contribution is 6.07.